The van der Waals surface area contributed by atoms with Crippen LogP contribution in [0.2, 0.25) is 0 Å². The lowest BCUT2D eigenvalue weighted by Gasteiger charge is -2.27. The smallest absolute Gasteiger partial charge is 0.159 e. The Morgan fingerprint density at radius 2 is 1.62 bits per heavy atom. The van der Waals surface area contributed by atoms with Gasteiger partial charge in [-0.15, -0.1) is 0 Å². The largest absolute Gasteiger partial charge is 0.383 e. The summed E-state index contributed by atoms with van der Waals surface area (Å²) in [6.07, 6.45) is 1.78. The van der Waals surface area contributed by atoms with Crippen molar-refractivity contribution >= 4 is 23.0 Å². The molecule has 0 fully saturated rings. The lowest BCUT2D eigenvalue weighted by atomic mass is 10.0. The van der Waals surface area contributed by atoms with Gasteiger partial charge in [0.05, 0.1) is 19.4 Å². The third kappa shape index (κ3) is 4.52. The standard InChI is InChI=1S/C22H31N5O2/c1-15-13-16(2)20(17(3)14-15)25-21-18(4)22(27-19(24-21)7-8-23-27)26(9-11-28-5)10-12-29-6/h7-8,13-14H,9-12H2,1-6H3,(H,24,25). The van der Waals surface area contributed by atoms with Crippen LogP contribution in [0.1, 0.15) is 22.3 Å². The van der Waals surface area contributed by atoms with Crippen molar-refractivity contribution in [1.82, 2.24) is 14.6 Å². The van der Waals surface area contributed by atoms with E-state index in [4.69, 9.17) is 14.5 Å². The van der Waals surface area contributed by atoms with Gasteiger partial charge in [-0.3, -0.25) is 0 Å². The molecule has 0 aliphatic carbocycles. The van der Waals surface area contributed by atoms with Crippen LogP contribution < -0.4 is 10.2 Å². The normalized spacial score (nSPS) is 11.2. The van der Waals surface area contributed by atoms with Crippen LogP contribution in [0.15, 0.2) is 24.4 Å². The Morgan fingerprint density at radius 3 is 2.21 bits per heavy atom. The minimum absolute atomic E-state index is 0.618. The number of aromatic nitrogens is 3. The molecule has 0 aliphatic heterocycles. The summed E-state index contributed by atoms with van der Waals surface area (Å²) in [5.41, 5.74) is 6.60. The number of hydrogen-bond donors (Lipinski definition) is 1. The van der Waals surface area contributed by atoms with Crippen molar-refractivity contribution in [2.24, 2.45) is 0 Å². The topological polar surface area (TPSA) is 63.9 Å². The predicted molar refractivity (Wildman–Crippen MR) is 118 cm³/mol. The van der Waals surface area contributed by atoms with E-state index in [-0.39, 0.29) is 0 Å². The maximum Gasteiger partial charge on any atom is 0.159 e. The van der Waals surface area contributed by atoms with Gasteiger partial charge in [0.1, 0.15) is 11.6 Å². The molecule has 156 valence electrons. The van der Waals surface area contributed by atoms with Crippen LogP contribution in [0.3, 0.4) is 0 Å². The Hall–Kier alpha value is -2.64. The number of aryl methyl sites for hydroxylation is 3. The van der Waals surface area contributed by atoms with E-state index < -0.39 is 0 Å². The van der Waals surface area contributed by atoms with Gasteiger partial charge in [0.2, 0.25) is 0 Å². The summed E-state index contributed by atoms with van der Waals surface area (Å²) >= 11 is 0. The summed E-state index contributed by atoms with van der Waals surface area (Å²) in [7, 11) is 3.43. The van der Waals surface area contributed by atoms with Gasteiger partial charge in [-0.2, -0.15) is 9.61 Å². The van der Waals surface area contributed by atoms with Crippen molar-refractivity contribution in [3.05, 3.63) is 46.6 Å². The number of fused-ring (bicyclic) bond motifs is 1. The minimum Gasteiger partial charge on any atom is -0.383 e. The number of rotatable bonds is 9. The quantitative estimate of drug-likeness (QED) is 0.592. The van der Waals surface area contributed by atoms with Gasteiger partial charge in [-0.05, 0) is 38.8 Å². The third-order valence-electron chi connectivity index (χ3n) is 5.09. The molecule has 0 saturated carbocycles. The van der Waals surface area contributed by atoms with Crippen LogP contribution in [0, 0.1) is 27.7 Å². The van der Waals surface area contributed by atoms with Crippen LogP contribution in [0.4, 0.5) is 17.3 Å². The van der Waals surface area contributed by atoms with E-state index in [1.54, 1.807) is 20.4 Å². The second-order valence-corrected chi connectivity index (χ2v) is 7.38. The van der Waals surface area contributed by atoms with Crippen LogP contribution >= 0.6 is 0 Å². The predicted octanol–water partition coefficient (Wildman–Crippen LogP) is 3.81. The summed E-state index contributed by atoms with van der Waals surface area (Å²) in [5.74, 6) is 1.84. The number of methoxy groups -OCH3 is 2. The molecule has 2 heterocycles. The molecule has 7 nitrogen and oxygen atoms in total. The number of nitrogens with zero attached hydrogens (tertiary/aromatic N) is 4. The van der Waals surface area contributed by atoms with E-state index in [0.717, 1.165) is 41.6 Å². The molecule has 0 amide bonds. The first-order valence-electron chi connectivity index (χ1n) is 9.88. The zero-order valence-electron chi connectivity index (χ0n) is 18.2. The second-order valence-electron chi connectivity index (χ2n) is 7.38. The van der Waals surface area contributed by atoms with Gasteiger partial charge in [0, 0.05) is 44.6 Å². The van der Waals surface area contributed by atoms with Crippen LogP contribution in [-0.4, -0.2) is 55.1 Å². The molecule has 0 radical (unpaired) electrons. The first-order chi connectivity index (χ1) is 14.0. The van der Waals surface area contributed by atoms with Gasteiger partial charge < -0.3 is 19.7 Å². The third-order valence-corrected chi connectivity index (χ3v) is 5.09. The molecule has 29 heavy (non-hydrogen) atoms. The van der Waals surface area contributed by atoms with Gasteiger partial charge in [0.15, 0.2) is 5.65 Å². The van der Waals surface area contributed by atoms with E-state index in [1.165, 1.54) is 16.7 Å². The Kier molecular flexibility index (Phi) is 6.71. The molecule has 1 aromatic carbocycles. The summed E-state index contributed by atoms with van der Waals surface area (Å²) in [6, 6.07) is 6.30. The van der Waals surface area contributed by atoms with Crippen LogP contribution in [-0.2, 0) is 9.47 Å². The zero-order valence-corrected chi connectivity index (χ0v) is 18.2. The Labute approximate surface area is 172 Å². The molecule has 0 spiro atoms. The first-order valence-corrected chi connectivity index (χ1v) is 9.88. The van der Waals surface area contributed by atoms with Crippen molar-refractivity contribution < 1.29 is 9.47 Å². The Balaban J connectivity index is 2.09. The molecule has 0 unspecified atom stereocenters. The average Bonchev–Trinajstić information content (AvgIpc) is 3.13. The van der Waals surface area contributed by atoms with Crippen molar-refractivity contribution in [3.8, 4) is 0 Å². The summed E-state index contributed by atoms with van der Waals surface area (Å²) in [4.78, 5) is 7.08. The highest BCUT2D eigenvalue weighted by Crippen LogP contribution is 2.31. The average molecular weight is 398 g/mol. The van der Waals surface area contributed by atoms with Gasteiger partial charge in [-0.1, -0.05) is 17.7 Å². The molecule has 7 heteroatoms. The molecule has 0 aliphatic rings. The fourth-order valence-electron chi connectivity index (χ4n) is 3.72. The maximum atomic E-state index is 5.33. The number of benzene rings is 1. The molecule has 3 aromatic rings. The highest BCUT2D eigenvalue weighted by Gasteiger charge is 2.19. The monoisotopic (exact) mass is 397 g/mol. The lowest BCUT2D eigenvalue weighted by Crippen LogP contribution is -2.33. The van der Waals surface area contributed by atoms with Crippen molar-refractivity contribution in [1.29, 1.82) is 0 Å². The highest BCUT2D eigenvalue weighted by atomic mass is 16.5. The summed E-state index contributed by atoms with van der Waals surface area (Å²) in [6.45, 7) is 11.2. The highest BCUT2D eigenvalue weighted by molar-refractivity contribution is 5.72. The fraction of sp³-hybridized carbons (Fsp3) is 0.455. The zero-order chi connectivity index (χ0) is 21.0. The van der Waals surface area contributed by atoms with Crippen LogP contribution in [0.25, 0.3) is 5.65 Å². The lowest BCUT2D eigenvalue weighted by molar-refractivity contribution is 0.189. The molecule has 0 atom stereocenters. The number of nitrogens with one attached hydrogen (secondary N) is 1. The molecule has 1 N–H and O–H groups in total. The van der Waals surface area contributed by atoms with E-state index in [2.05, 4.69) is 55.1 Å². The van der Waals surface area contributed by atoms with Crippen molar-refractivity contribution in [3.63, 3.8) is 0 Å². The fourth-order valence-corrected chi connectivity index (χ4v) is 3.72. The summed E-state index contributed by atoms with van der Waals surface area (Å²) < 4.78 is 12.6. The molecule has 3 rings (SSSR count). The first kappa shape index (κ1) is 21.1. The van der Waals surface area contributed by atoms with E-state index in [1.807, 2.05) is 10.6 Å². The van der Waals surface area contributed by atoms with Crippen molar-refractivity contribution in [2.75, 3.05) is 50.7 Å². The van der Waals surface area contributed by atoms with Crippen molar-refractivity contribution in [2.45, 2.75) is 27.7 Å². The van der Waals surface area contributed by atoms with Crippen LogP contribution in [0.5, 0.6) is 0 Å². The molecule has 2 aromatic heterocycles. The van der Waals surface area contributed by atoms with Gasteiger partial charge >= 0.3 is 0 Å². The Morgan fingerprint density at radius 1 is 1.00 bits per heavy atom. The molecule has 0 saturated heterocycles. The SMILES string of the molecule is COCCN(CCOC)c1c(C)c(Nc2c(C)cc(C)cc2C)nc2ccnn12. The Bertz CT molecular complexity index is 952. The number of ether oxygens (including phenoxy) is 2. The van der Waals surface area contributed by atoms with Gasteiger partial charge in [-0.25, -0.2) is 4.98 Å². The molecular formula is C22H31N5O2. The van der Waals surface area contributed by atoms with Gasteiger partial charge in [0.25, 0.3) is 0 Å². The second kappa shape index (κ2) is 9.24. The number of anilines is 3. The molecule has 0 bridgehead atoms. The van der Waals surface area contributed by atoms with E-state index in [0.29, 0.717) is 13.2 Å². The number of hydrogen-bond acceptors (Lipinski definition) is 6. The molecular weight excluding hydrogens is 366 g/mol. The summed E-state index contributed by atoms with van der Waals surface area (Å²) in [5, 5.41) is 8.10. The maximum absolute atomic E-state index is 5.33. The minimum atomic E-state index is 0.618. The van der Waals surface area contributed by atoms with E-state index >= 15 is 0 Å². The van der Waals surface area contributed by atoms with E-state index in [9.17, 15) is 0 Å².